The quantitative estimate of drug-likeness (QED) is 0.383. The molecule has 0 aromatic carbocycles. The van der Waals surface area contributed by atoms with Crippen LogP contribution in [0.4, 0.5) is 0 Å². The van der Waals surface area contributed by atoms with E-state index >= 15 is 0 Å². The summed E-state index contributed by atoms with van der Waals surface area (Å²) < 4.78 is 0. The van der Waals surface area contributed by atoms with Crippen molar-refractivity contribution in [2.45, 2.75) is 0 Å². The molecular formula is C6H8ClN3O3. The van der Waals surface area contributed by atoms with Crippen molar-refractivity contribution in [3.8, 4) is 0 Å². The zero-order valence-corrected chi connectivity index (χ0v) is 7.45. The smallest absolute Gasteiger partial charge is 0.274 e. The van der Waals surface area contributed by atoms with Crippen LogP contribution >= 0.6 is 11.6 Å². The van der Waals surface area contributed by atoms with E-state index in [2.05, 4.69) is 5.32 Å². The fraction of sp³-hybridized carbons (Fsp3) is 0.500. The van der Waals surface area contributed by atoms with Crippen molar-refractivity contribution < 1.29 is 9.72 Å². The lowest BCUT2D eigenvalue weighted by Gasteiger charge is -2.12. The Labute approximate surface area is 79.3 Å². The molecule has 0 unspecified atom stereocenters. The molecule has 7 heteroatoms. The lowest BCUT2D eigenvalue weighted by molar-refractivity contribution is -0.404. The summed E-state index contributed by atoms with van der Waals surface area (Å²) in [6, 6.07) is 0. The van der Waals surface area contributed by atoms with Gasteiger partial charge in [-0.15, -0.1) is 11.6 Å². The molecule has 0 saturated carbocycles. The predicted octanol–water partition coefficient (Wildman–Crippen LogP) is -0.267. The molecule has 0 bridgehead atoms. The zero-order chi connectivity index (χ0) is 9.84. The van der Waals surface area contributed by atoms with Gasteiger partial charge in [0.25, 0.3) is 6.20 Å². The number of hydrogen-bond donors (Lipinski definition) is 1. The molecule has 13 heavy (non-hydrogen) atoms. The molecule has 6 nitrogen and oxygen atoms in total. The number of nitro groups is 1. The van der Waals surface area contributed by atoms with Crippen molar-refractivity contribution in [1.82, 2.24) is 10.2 Å². The van der Waals surface area contributed by atoms with Gasteiger partial charge in [-0.1, -0.05) is 0 Å². The average molecular weight is 206 g/mol. The summed E-state index contributed by atoms with van der Waals surface area (Å²) in [6.07, 6.45) is 0.761. The van der Waals surface area contributed by atoms with Crippen molar-refractivity contribution in [3.05, 3.63) is 22.1 Å². The summed E-state index contributed by atoms with van der Waals surface area (Å²) in [7, 11) is 0. The molecule has 0 atom stereocenters. The standard InChI is InChI=1S/C6H8ClN3O3/c7-3-6(11)9-2-1-8-5(9)4-10(12)13/h4,8H,1-3H2/b5-4-. The lowest BCUT2D eigenvalue weighted by atomic mass is 10.5. The number of amides is 1. The van der Waals surface area contributed by atoms with Gasteiger partial charge in [-0.2, -0.15) is 0 Å². The third-order valence-corrected chi connectivity index (χ3v) is 1.80. The highest BCUT2D eigenvalue weighted by Crippen LogP contribution is 2.07. The largest absolute Gasteiger partial charge is 0.364 e. The van der Waals surface area contributed by atoms with Crippen LogP contribution in [0.25, 0.3) is 0 Å². The molecule has 1 heterocycles. The molecule has 0 spiro atoms. The normalized spacial score (nSPS) is 18.8. The second-order valence-electron chi connectivity index (χ2n) is 2.41. The molecule has 1 aliphatic heterocycles. The molecule has 1 N–H and O–H groups in total. The number of hydrogen-bond acceptors (Lipinski definition) is 4. The Kier molecular flexibility index (Phi) is 3.07. The number of nitrogens with zero attached hydrogens (tertiary/aromatic N) is 2. The Morgan fingerprint density at radius 2 is 2.54 bits per heavy atom. The van der Waals surface area contributed by atoms with Crippen molar-refractivity contribution in [3.63, 3.8) is 0 Å². The van der Waals surface area contributed by atoms with Crippen molar-refractivity contribution in [1.29, 1.82) is 0 Å². The molecule has 0 aromatic rings. The average Bonchev–Trinajstić information content (AvgIpc) is 2.50. The number of carbonyl (C=O) groups is 1. The summed E-state index contributed by atoms with van der Waals surface area (Å²) in [5.41, 5.74) is 0. The van der Waals surface area contributed by atoms with E-state index in [1.165, 1.54) is 4.90 Å². The number of nitrogens with one attached hydrogen (secondary N) is 1. The van der Waals surface area contributed by atoms with E-state index in [-0.39, 0.29) is 17.6 Å². The monoisotopic (exact) mass is 205 g/mol. The Hall–Kier alpha value is -1.30. The summed E-state index contributed by atoms with van der Waals surface area (Å²) in [5, 5.41) is 12.8. The molecular weight excluding hydrogens is 198 g/mol. The van der Waals surface area contributed by atoms with Gasteiger partial charge >= 0.3 is 0 Å². The van der Waals surface area contributed by atoms with Gasteiger partial charge < -0.3 is 5.32 Å². The van der Waals surface area contributed by atoms with Crippen LogP contribution in [-0.2, 0) is 4.79 Å². The van der Waals surface area contributed by atoms with E-state index in [0.29, 0.717) is 13.1 Å². The van der Waals surface area contributed by atoms with E-state index in [0.717, 1.165) is 6.20 Å². The van der Waals surface area contributed by atoms with Crippen LogP contribution in [-0.4, -0.2) is 34.7 Å². The third kappa shape index (κ3) is 2.32. The van der Waals surface area contributed by atoms with Crippen molar-refractivity contribution in [2.24, 2.45) is 0 Å². The zero-order valence-electron chi connectivity index (χ0n) is 6.70. The molecule has 1 amide bonds. The fourth-order valence-electron chi connectivity index (χ4n) is 1.06. The van der Waals surface area contributed by atoms with Crippen LogP contribution in [0.1, 0.15) is 0 Å². The van der Waals surface area contributed by atoms with Crippen LogP contribution in [0.3, 0.4) is 0 Å². The van der Waals surface area contributed by atoms with E-state index < -0.39 is 4.92 Å². The second kappa shape index (κ2) is 4.08. The molecule has 1 rings (SSSR count). The topological polar surface area (TPSA) is 75.5 Å². The highest BCUT2D eigenvalue weighted by atomic mass is 35.5. The Balaban J connectivity index is 2.75. The lowest BCUT2D eigenvalue weighted by Crippen LogP contribution is -2.29. The Morgan fingerprint density at radius 3 is 3.08 bits per heavy atom. The van der Waals surface area contributed by atoms with Gasteiger partial charge in [0, 0.05) is 13.1 Å². The molecule has 1 fully saturated rings. The fourth-order valence-corrected chi connectivity index (χ4v) is 1.20. The number of alkyl halides is 1. The van der Waals surface area contributed by atoms with Gasteiger partial charge in [0.05, 0.1) is 4.92 Å². The molecule has 1 saturated heterocycles. The summed E-state index contributed by atoms with van der Waals surface area (Å²) in [6.45, 7) is 0.938. The van der Waals surface area contributed by atoms with Gasteiger partial charge in [0.2, 0.25) is 5.91 Å². The Morgan fingerprint density at radius 1 is 1.85 bits per heavy atom. The van der Waals surface area contributed by atoms with Gasteiger partial charge in [-0.05, 0) is 0 Å². The molecule has 0 aliphatic carbocycles. The maximum absolute atomic E-state index is 11.1. The van der Waals surface area contributed by atoms with Gasteiger partial charge in [-0.3, -0.25) is 19.8 Å². The number of carbonyl (C=O) groups excluding carboxylic acids is 1. The predicted molar refractivity (Wildman–Crippen MR) is 45.5 cm³/mol. The summed E-state index contributed by atoms with van der Waals surface area (Å²) in [5.74, 6) is -0.299. The maximum Gasteiger partial charge on any atom is 0.274 e. The minimum Gasteiger partial charge on any atom is -0.364 e. The van der Waals surface area contributed by atoms with Gasteiger partial charge in [-0.25, -0.2) is 0 Å². The SMILES string of the molecule is O=C(CCl)N1CCN/C1=C/[N+](=O)[O-]. The van der Waals surface area contributed by atoms with Crippen LogP contribution < -0.4 is 5.32 Å². The maximum atomic E-state index is 11.1. The van der Waals surface area contributed by atoms with Gasteiger partial charge in [0.15, 0.2) is 5.82 Å². The highest BCUT2D eigenvalue weighted by molar-refractivity contribution is 6.27. The van der Waals surface area contributed by atoms with Crippen molar-refractivity contribution >= 4 is 17.5 Å². The number of rotatable bonds is 2. The molecule has 72 valence electrons. The van der Waals surface area contributed by atoms with Crippen molar-refractivity contribution in [2.75, 3.05) is 19.0 Å². The molecule has 0 radical (unpaired) electrons. The van der Waals surface area contributed by atoms with Crippen LogP contribution in [0, 0.1) is 10.1 Å². The van der Waals surface area contributed by atoms with Gasteiger partial charge in [0.1, 0.15) is 5.88 Å². The van der Waals surface area contributed by atoms with Crippen LogP contribution in [0.15, 0.2) is 12.0 Å². The Bertz CT molecular complexity index is 266. The first-order valence-electron chi connectivity index (χ1n) is 3.60. The number of halogens is 1. The van der Waals surface area contributed by atoms with E-state index in [4.69, 9.17) is 11.6 Å². The summed E-state index contributed by atoms with van der Waals surface area (Å²) >= 11 is 5.32. The third-order valence-electron chi connectivity index (χ3n) is 1.58. The highest BCUT2D eigenvalue weighted by Gasteiger charge is 2.24. The van der Waals surface area contributed by atoms with E-state index in [9.17, 15) is 14.9 Å². The summed E-state index contributed by atoms with van der Waals surface area (Å²) in [4.78, 5) is 21.9. The molecule has 1 aliphatic rings. The first-order chi connectivity index (χ1) is 6.15. The molecule has 0 aromatic heterocycles. The minimum atomic E-state index is -0.609. The first-order valence-corrected chi connectivity index (χ1v) is 4.14. The minimum absolute atomic E-state index is 0.170. The van der Waals surface area contributed by atoms with Crippen LogP contribution in [0.5, 0.6) is 0 Å². The first kappa shape index (κ1) is 9.79. The second-order valence-corrected chi connectivity index (χ2v) is 2.67. The van der Waals surface area contributed by atoms with E-state index in [1.807, 2.05) is 0 Å². The van der Waals surface area contributed by atoms with E-state index in [1.54, 1.807) is 0 Å². The van der Waals surface area contributed by atoms with Crippen LogP contribution in [0.2, 0.25) is 0 Å².